The molecule has 0 heterocycles. The van der Waals surface area contributed by atoms with Crippen LogP contribution in [0.15, 0.2) is 243 Å². The van der Waals surface area contributed by atoms with Crippen LogP contribution in [0, 0.1) is 0 Å². The SMILES string of the molecule is CN(C)C(=O)C(c1ccccc1)c1ccccc1.CN(C)C(=O)C(c1ccccc1)c1ccccc1.CN(C)C(=O)C(c1ccccc1)c1ccccc1.CN(C)C(=O)C(c1ccccc1)c1ccccc1.S.S. The van der Waals surface area contributed by atoms with E-state index in [4.69, 9.17) is 0 Å². The zero-order chi connectivity index (χ0) is 51.8. The fourth-order valence-electron chi connectivity index (χ4n) is 8.11. The third-order valence-corrected chi connectivity index (χ3v) is 11.8. The summed E-state index contributed by atoms with van der Waals surface area (Å²) in [4.78, 5) is 56.1. The minimum absolute atomic E-state index is 0. The number of hydrogen-bond donors (Lipinski definition) is 0. The van der Waals surface area contributed by atoms with Crippen molar-refractivity contribution in [3.05, 3.63) is 287 Å². The molecule has 0 bridgehead atoms. The fourth-order valence-corrected chi connectivity index (χ4v) is 8.11. The molecule has 0 spiro atoms. The second-order valence-electron chi connectivity index (χ2n) is 17.9. The molecule has 0 fully saturated rings. The second-order valence-corrected chi connectivity index (χ2v) is 17.9. The number of rotatable bonds is 12. The topological polar surface area (TPSA) is 81.2 Å². The highest BCUT2D eigenvalue weighted by atomic mass is 32.1. The van der Waals surface area contributed by atoms with Crippen LogP contribution in [0.5, 0.6) is 0 Å². The Hall–Kier alpha value is -7.66. The van der Waals surface area contributed by atoms with Gasteiger partial charge in [0.2, 0.25) is 23.6 Å². The van der Waals surface area contributed by atoms with Gasteiger partial charge in [0.05, 0.1) is 23.7 Å². The van der Waals surface area contributed by atoms with Gasteiger partial charge in [0, 0.05) is 56.4 Å². The van der Waals surface area contributed by atoms with Crippen LogP contribution >= 0.6 is 27.0 Å². The highest BCUT2D eigenvalue weighted by molar-refractivity contribution is 7.59. The molecule has 0 N–H and O–H groups in total. The summed E-state index contributed by atoms with van der Waals surface area (Å²) >= 11 is 0. The van der Waals surface area contributed by atoms with E-state index in [1.165, 1.54) is 0 Å². The summed E-state index contributed by atoms with van der Waals surface area (Å²) in [7, 11) is 14.3. The van der Waals surface area contributed by atoms with Crippen LogP contribution in [-0.2, 0) is 19.2 Å². The predicted molar refractivity (Wildman–Crippen MR) is 314 cm³/mol. The van der Waals surface area contributed by atoms with E-state index in [0.29, 0.717) is 0 Å². The third kappa shape index (κ3) is 17.8. The highest BCUT2D eigenvalue weighted by Crippen LogP contribution is 2.29. The molecule has 0 aliphatic heterocycles. The van der Waals surface area contributed by atoms with Crippen molar-refractivity contribution in [1.29, 1.82) is 0 Å². The van der Waals surface area contributed by atoms with Gasteiger partial charge in [-0.05, 0) is 44.5 Å². The molecule has 8 aromatic carbocycles. The number of benzene rings is 8. The Morgan fingerprint density at radius 2 is 0.311 bits per heavy atom. The van der Waals surface area contributed by atoms with Gasteiger partial charge < -0.3 is 19.6 Å². The van der Waals surface area contributed by atoms with Crippen LogP contribution < -0.4 is 0 Å². The van der Waals surface area contributed by atoms with Crippen molar-refractivity contribution < 1.29 is 19.2 Å². The van der Waals surface area contributed by atoms with Crippen LogP contribution in [0.1, 0.15) is 68.2 Å². The molecule has 8 nitrogen and oxygen atoms in total. The average Bonchev–Trinajstić information content (AvgIpc) is 3.42. The van der Waals surface area contributed by atoms with Gasteiger partial charge in [-0.15, -0.1) is 0 Å². The third-order valence-electron chi connectivity index (χ3n) is 11.8. The van der Waals surface area contributed by atoms with E-state index in [9.17, 15) is 19.2 Å². The van der Waals surface area contributed by atoms with E-state index < -0.39 is 0 Å². The van der Waals surface area contributed by atoms with Crippen LogP contribution in [0.4, 0.5) is 0 Å². The van der Waals surface area contributed by atoms with Crippen LogP contribution in [-0.4, -0.2) is 99.6 Å². The lowest BCUT2D eigenvalue weighted by molar-refractivity contribution is -0.130. The minimum atomic E-state index is -0.220. The zero-order valence-electron chi connectivity index (χ0n) is 43.8. The number of amides is 4. The Balaban J connectivity index is 0.000000258. The number of carbonyl (C=O) groups excluding carboxylic acids is 4. The van der Waals surface area contributed by atoms with Gasteiger partial charge in [-0.3, -0.25) is 19.2 Å². The molecular weight excluding hydrogens is 953 g/mol. The molecule has 0 radical (unpaired) electrons. The minimum Gasteiger partial charge on any atom is -0.348 e. The number of likely N-dealkylation sites (N-methyl/N-ethyl adjacent to an activating group) is 4. The summed E-state index contributed by atoms with van der Waals surface area (Å²) in [6.45, 7) is 0. The summed E-state index contributed by atoms with van der Waals surface area (Å²) in [5.41, 5.74) is 8.24. The largest absolute Gasteiger partial charge is 0.348 e. The van der Waals surface area contributed by atoms with Crippen molar-refractivity contribution in [2.45, 2.75) is 23.7 Å². The monoisotopic (exact) mass is 1020 g/mol. The first-order valence-electron chi connectivity index (χ1n) is 24.0. The van der Waals surface area contributed by atoms with E-state index in [0.717, 1.165) is 44.5 Å². The smallest absolute Gasteiger partial charge is 0.234 e. The summed E-state index contributed by atoms with van der Waals surface area (Å²) < 4.78 is 0. The Morgan fingerprint density at radius 1 is 0.216 bits per heavy atom. The van der Waals surface area contributed by atoms with E-state index in [2.05, 4.69) is 0 Å². The molecule has 74 heavy (non-hydrogen) atoms. The molecule has 0 atom stereocenters. The molecule has 8 aromatic rings. The molecule has 10 heteroatoms. The Morgan fingerprint density at radius 3 is 0.392 bits per heavy atom. The van der Waals surface area contributed by atoms with E-state index in [1.54, 1.807) is 76.0 Å². The van der Waals surface area contributed by atoms with Crippen LogP contribution in [0.2, 0.25) is 0 Å². The molecule has 4 amide bonds. The van der Waals surface area contributed by atoms with Crippen LogP contribution in [0.25, 0.3) is 0 Å². The lowest BCUT2D eigenvalue weighted by atomic mass is 9.90. The van der Waals surface area contributed by atoms with E-state index in [-0.39, 0.29) is 74.3 Å². The summed E-state index contributed by atoms with van der Waals surface area (Å²) in [6, 6.07) is 79.2. The van der Waals surface area contributed by atoms with Gasteiger partial charge in [-0.2, -0.15) is 27.0 Å². The quantitative estimate of drug-likeness (QED) is 0.122. The van der Waals surface area contributed by atoms with Crippen molar-refractivity contribution >= 4 is 50.6 Å². The molecule has 0 aliphatic carbocycles. The van der Waals surface area contributed by atoms with Crippen molar-refractivity contribution in [3.8, 4) is 0 Å². The summed E-state index contributed by atoms with van der Waals surface area (Å²) in [5, 5.41) is 0. The maximum atomic E-state index is 12.4. The molecule has 8 rings (SSSR count). The molecule has 384 valence electrons. The maximum absolute atomic E-state index is 12.4. The van der Waals surface area contributed by atoms with Gasteiger partial charge in [0.1, 0.15) is 0 Å². The lowest BCUT2D eigenvalue weighted by Gasteiger charge is -2.21. The second kappa shape index (κ2) is 31.7. The number of carbonyl (C=O) groups is 4. The first-order valence-corrected chi connectivity index (χ1v) is 24.0. The zero-order valence-corrected chi connectivity index (χ0v) is 45.8. The molecule has 0 unspecified atom stereocenters. The summed E-state index contributed by atoms with van der Waals surface area (Å²) in [5.74, 6) is -0.464. The molecule has 0 aromatic heterocycles. The first-order chi connectivity index (χ1) is 34.8. The molecule has 0 saturated carbocycles. The average molecular weight is 1030 g/mol. The fraction of sp³-hybridized carbons (Fsp3) is 0.188. The number of hydrogen-bond acceptors (Lipinski definition) is 4. The van der Waals surface area contributed by atoms with Crippen molar-refractivity contribution in [2.75, 3.05) is 56.4 Å². The number of nitrogens with zero attached hydrogens (tertiary/aromatic N) is 4. The highest BCUT2D eigenvalue weighted by Gasteiger charge is 2.27. The standard InChI is InChI=1S/4C16H17NO.2H2S/c4*1-17(2)16(18)15(13-9-5-3-6-10-13)14-11-7-4-8-12-14;;/h4*3-12,15H,1-2H3;2*1H2. The normalized spacial score (nSPS) is 10.1. The Bertz CT molecular complexity index is 2270. The molecular formula is C64H72N4O4S2. The lowest BCUT2D eigenvalue weighted by Crippen LogP contribution is -2.28. The van der Waals surface area contributed by atoms with E-state index >= 15 is 0 Å². The maximum Gasteiger partial charge on any atom is 0.234 e. The van der Waals surface area contributed by atoms with Crippen molar-refractivity contribution in [2.24, 2.45) is 0 Å². The van der Waals surface area contributed by atoms with Gasteiger partial charge >= 0.3 is 0 Å². The van der Waals surface area contributed by atoms with Crippen LogP contribution in [0.3, 0.4) is 0 Å². The van der Waals surface area contributed by atoms with Crippen molar-refractivity contribution in [3.63, 3.8) is 0 Å². The Labute approximate surface area is 454 Å². The molecule has 0 aliphatic rings. The van der Waals surface area contributed by atoms with Gasteiger partial charge in [-0.25, -0.2) is 0 Å². The van der Waals surface area contributed by atoms with Gasteiger partial charge in [0.15, 0.2) is 0 Å². The van der Waals surface area contributed by atoms with E-state index in [1.807, 2.05) is 243 Å². The van der Waals surface area contributed by atoms with Gasteiger partial charge in [0.25, 0.3) is 0 Å². The Kier molecular flexibility index (Phi) is 26.0. The predicted octanol–water partition coefficient (Wildman–Crippen LogP) is 11.9. The summed E-state index contributed by atoms with van der Waals surface area (Å²) in [6.07, 6.45) is 0. The first kappa shape index (κ1) is 60.6. The molecule has 0 saturated heterocycles. The van der Waals surface area contributed by atoms with Crippen molar-refractivity contribution in [1.82, 2.24) is 19.6 Å². The van der Waals surface area contributed by atoms with Gasteiger partial charge in [-0.1, -0.05) is 243 Å².